The second-order valence-corrected chi connectivity index (χ2v) is 4.63. The molecule has 0 aromatic rings. The van der Waals surface area contributed by atoms with Crippen LogP contribution in [-0.4, -0.2) is 5.78 Å². The third-order valence-corrected chi connectivity index (χ3v) is 3.42. The lowest BCUT2D eigenvalue weighted by molar-refractivity contribution is -0.112. The van der Waals surface area contributed by atoms with E-state index in [0.717, 1.165) is 36.8 Å². The molecule has 0 N–H and O–H groups in total. The number of hydrogen-bond donors (Lipinski definition) is 0. The molecule has 0 fully saturated rings. The van der Waals surface area contributed by atoms with Gasteiger partial charge in [0.1, 0.15) is 0 Å². The van der Waals surface area contributed by atoms with Crippen molar-refractivity contribution < 1.29 is 4.79 Å². The van der Waals surface area contributed by atoms with Crippen LogP contribution < -0.4 is 0 Å². The minimum atomic E-state index is 0.356. The Hall–Kier alpha value is -0.850. The monoisotopic (exact) mass is 204 g/mol. The summed E-state index contributed by atoms with van der Waals surface area (Å²) in [5.41, 5.74) is 2.18. The van der Waals surface area contributed by atoms with Crippen molar-refractivity contribution in [2.24, 2.45) is 0 Å². The first kappa shape index (κ1) is 10.7. The van der Waals surface area contributed by atoms with Gasteiger partial charge >= 0.3 is 0 Å². The van der Waals surface area contributed by atoms with Crippen LogP contribution in [0, 0.1) is 0 Å². The van der Waals surface area contributed by atoms with Gasteiger partial charge in [-0.3, -0.25) is 4.79 Å². The summed E-state index contributed by atoms with van der Waals surface area (Å²) in [7, 11) is 0. The maximum Gasteiger partial charge on any atom is 0.184 e. The van der Waals surface area contributed by atoms with Crippen molar-refractivity contribution in [1.82, 2.24) is 0 Å². The Labute approximate surface area is 92.3 Å². The molecule has 0 atom stereocenters. The first-order chi connectivity index (χ1) is 7.38. The summed E-state index contributed by atoms with van der Waals surface area (Å²) in [5, 5.41) is 0. The topological polar surface area (TPSA) is 17.1 Å². The predicted octanol–water partition coefficient (Wildman–Crippen LogP) is 3.95. The average molecular weight is 204 g/mol. The third-order valence-electron chi connectivity index (χ3n) is 3.42. The highest BCUT2D eigenvalue weighted by Crippen LogP contribution is 2.25. The van der Waals surface area contributed by atoms with E-state index in [1.807, 2.05) is 0 Å². The van der Waals surface area contributed by atoms with E-state index in [0.29, 0.717) is 5.78 Å². The van der Waals surface area contributed by atoms with E-state index in [2.05, 4.69) is 12.2 Å². The van der Waals surface area contributed by atoms with Gasteiger partial charge < -0.3 is 0 Å². The van der Waals surface area contributed by atoms with Crippen LogP contribution in [0.15, 0.2) is 23.3 Å². The molecule has 0 aliphatic heterocycles. The Morgan fingerprint density at radius 3 is 2.13 bits per heavy atom. The van der Waals surface area contributed by atoms with Gasteiger partial charge in [0.15, 0.2) is 5.78 Å². The van der Waals surface area contributed by atoms with Crippen LogP contribution in [0.1, 0.15) is 57.8 Å². The normalized spacial score (nSPS) is 22.7. The molecule has 1 heteroatoms. The molecule has 15 heavy (non-hydrogen) atoms. The molecule has 0 bridgehead atoms. The van der Waals surface area contributed by atoms with E-state index in [1.165, 1.54) is 32.1 Å². The molecule has 82 valence electrons. The summed E-state index contributed by atoms with van der Waals surface area (Å²) in [6.45, 7) is 0. The number of carbonyl (C=O) groups is 1. The van der Waals surface area contributed by atoms with E-state index in [4.69, 9.17) is 0 Å². The summed E-state index contributed by atoms with van der Waals surface area (Å²) in [4.78, 5) is 12.1. The molecule has 2 aliphatic rings. The van der Waals surface area contributed by atoms with Gasteiger partial charge in [0.05, 0.1) is 0 Å². The SMILES string of the molecule is O=C(C1=CCCC1)C1=CCCCCCC1. The molecule has 1 nitrogen and oxygen atoms in total. The number of allylic oxidation sites excluding steroid dienone is 4. The lowest BCUT2D eigenvalue weighted by Gasteiger charge is -2.10. The average Bonchev–Trinajstić information content (AvgIpc) is 2.68. The molecular formula is C14H20O. The van der Waals surface area contributed by atoms with Crippen molar-refractivity contribution in [3.63, 3.8) is 0 Å². The van der Waals surface area contributed by atoms with Gasteiger partial charge in [0.25, 0.3) is 0 Å². The minimum absolute atomic E-state index is 0.356. The van der Waals surface area contributed by atoms with Gasteiger partial charge in [-0.2, -0.15) is 0 Å². The molecule has 0 amide bonds. The molecule has 0 aromatic heterocycles. The zero-order valence-electron chi connectivity index (χ0n) is 9.43. The largest absolute Gasteiger partial charge is 0.289 e. The highest BCUT2D eigenvalue weighted by Gasteiger charge is 2.17. The number of Topliss-reactive ketones (excluding diaryl/α,β-unsaturated/α-hetero) is 1. The molecule has 0 heterocycles. The van der Waals surface area contributed by atoms with Crippen LogP contribution >= 0.6 is 0 Å². The first-order valence-corrected chi connectivity index (χ1v) is 6.31. The quantitative estimate of drug-likeness (QED) is 0.665. The lowest BCUT2D eigenvalue weighted by atomic mass is 9.94. The Kier molecular flexibility index (Phi) is 3.76. The summed E-state index contributed by atoms with van der Waals surface area (Å²) in [6, 6.07) is 0. The molecule has 0 unspecified atom stereocenters. The Morgan fingerprint density at radius 1 is 0.800 bits per heavy atom. The summed E-state index contributed by atoms with van der Waals surface area (Å²) >= 11 is 0. The van der Waals surface area contributed by atoms with Crippen LogP contribution in [0.2, 0.25) is 0 Å². The van der Waals surface area contributed by atoms with Gasteiger partial charge in [-0.05, 0) is 56.1 Å². The van der Waals surface area contributed by atoms with Gasteiger partial charge in [0, 0.05) is 0 Å². The standard InChI is InChI=1S/C14H20O/c15-14(13-10-6-7-11-13)12-8-4-2-1-3-5-9-12/h8,10H,1-7,9,11H2. The zero-order valence-corrected chi connectivity index (χ0v) is 9.43. The molecular weight excluding hydrogens is 184 g/mol. The molecule has 0 radical (unpaired) electrons. The molecule has 0 saturated carbocycles. The lowest BCUT2D eigenvalue weighted by Crippen LogP contribution is -2.06. The molecule has 0 aromatic carbocycles. The highest BCUT2D eigenvalue weighted by atomic mass is 16.1. The van der Waals surface area contributed by atoms with Crippen LogP contribution in [0.3, 0.4) is 0 Å². The second-order valence-electron chi connectivity index (χ2n) is 4.63. The zero-order chi connectivity index (χ0) is 10.5. The van der Waals surface area contributed by atoms with Crippen molar-refractivity contribution in [2.45, 2.75) is 57.8 Å². The van der Waals surface area contributed by atoms with E-state index < -0.39 is 0 Å². The van der Waals surface area contributed by atoms with Gasteiger partial charge in [-0.1, -0.05) is 25.0 Å². The van der Waals surface area contributed by atoms with Gasteiger partial charge in [0.2, 0.25) is 0 Å². The Balaban J connectivity index is 2.03. The summed E-state index contributed by atoms with van der Waals surface area (Å²) < 4.78 is 0. The molecule has 0 saturated heterocycles. The number of carbonyl (C=O) groups excluding carboxylic acids is 1. The van der Waals surface area contributed by atoms with Crippen LogP contribution in [0.4, 0.5) is 0 Å². The number of ketones is 1. The van der Waals surface area contributed by atoms with Crippen molar-refractivity contribution in [2.75, 3.05) is 0 Å². The molecule has 2 aliphatic carbocycles. The maximum absolute atomic E-state index is 12.1. The smallest absolute Gasteiger partial charge is 0.184 e. The fourth-order valence-electron chi connectivity index (χ4n) is 2.48. The van der Waals surface area contributed by atoms with Crippen molar-refractivity contribution in [3.05, 3.63) is 23.3 Å². The molecule has 2 rings (SSSR count). The molecule has 0 spiro atoms. The Morgan fingerprint density at radius 2 is 1.40 bits per heavy atom. The van der Waals surface area contributed by atoms with E-state index in [1.54, 1.807) is 0 Å². The Bertz CT molecular complexity index is 296. The first-order valence-electron chi connectivity index (χ1n) is 6.31. The van der Waals surface area contributed by atoms with Crippen molar-refractivity contribution >= 4 is 5.78 Å². The van der Waals surface area contributed by atoms with Gasteiger partial charge in [-0.15, -0.1) is 0 Å². The maximum atomic E-state index is 12.1. The van der Waals surface area contributed by atoms with E-state index in [9.17, 15) is 4.79 Å². The third kappa shape index (κ3) is 2.80. The number of rotatable bonds is 2. The van der Waals surface area contributed by atoms with E-state index in [-0.39, 0.29) is 0 Å². The van der Waals surface area contributed by atoms with Crippen LogP contribution in [0.25, 0.3) is 0 Å². The number of hydrogen-bond acceptors (Lipinski definition) is 1. The van der Waals surface area contributed by atoms with Crippen LogP contribution in [-0.2, 0) is 4.79 Å². The van der Waals surface area contributed by atoms with Crippen molar-refractivity contribution in [1.29, 1.82) is 0 Å². The van der Waals surface area contributed by atoms with Gasteiger partial charge in [-0.25, -0.2) is 0 Å². The summed E-state index contributed by atoms with van der Waals surface area (Å²) in [6.07, 6.45) is 14.8. The predicted molar refractivity (Wildman–Crippen MR) is 62.7 cm³/mol. The fourth-order valence-corrected chi connectivity index (χ4v) is 2.48. The van der Waals surface area contributed by atoms with E-state index >= 15 is 0 Å². The fraction of sp³-hybridized carbons (Fsp3) is 0.643. The van der Waals surface area contributed by atoms with Crippen molar-refractivity contribution in [3.8, 4) is 0 Å². The minimum Gasteiger partial charge on any atom is -0.289 e. The second kappa shape index (κ2) is 5.29. The summed E-state index contributed by atoms with van der Waals surface area (Å²) in [5.74, 6) is 0.356. The highest BCUT2D eigenvalue weighted by molar-refractivity contribution is 6.08. The van der Waals surface area contributed by atoms with Crippen LogP contribution in [0.5, 0.6) is 0 Å².